The third-order valence-electron chi connectivity index (χ3n) is 5.47. The maximum atomic E-state index is 12.7. The second-order valence-electron chi connectivity index (χ2n) is 6.74. The van der Waals surface area contributed by atoms with Crippen LogP contribution in [0.25, 0.3) is 0 Å². The van der Waals surface area contributed by atoms with Crippen molar-refractivity contribution in [2.45, 2.75) is 48.8 Å². The van der Waals surface area contributed by atoms with Crippen molar-refractivity contribution >= 4 is 15.8 Å². The first kappa shape index (κ1) is 16.4. The molecule has 2 fully saturated rings. The molecule has 0 radical (unpaired) electrons. The highest BCUT2D eigenvalue weighted by atomic mass is 32.2. The fourth-order valence-electron chi connectivity index (χ4n) is 4.12. The number of carboxylic acid groups (broad SMARTS) is 1. The van der Waals surface area contributed by atoms with E-state index in [-0.39, 0.29) is 10.8 Å². The van der Waals surface area contributed by atoms with Crippen LogP contribution in [-0.2, 0) is 20.0 Å². The summed E-state index contributed by atoms with van der Waals surface area (Å²) in [5.41, 5.74) is -0.501. The van der Waals surface area contributed by atoms with Gasteiger partial charge in [-0.05, 0) is 36.0 Å². The molecule has 1 aromatic carbocycles. The highest BCUT2D eigenvalue weighted by Crippen LogP contribution is 2.60. The zero-order valence-corrected chi connectivity index (χ0v) is 13.7. The molecule has 23 heavy (non-hydrogen) atoms. The summed E-state index contributed by atoms with van der Waals surface area (Å²) < 4.78 is 36.2. The second kappa shape index (κ2) is 5.89. The number of benzene rings is 1. The van der Waals surface area contributed by atoms with E-state index in [0.29, 0.717) is 17.9 Å². The number of sulfone groups is 1. The minimum Gasteiger partial charge on any atom is -0.481 e. The molecule has 0 aromatic heterocycles. The van der Waals surface area contributed by atoms with Gasteiger partial charge in [-0.15, -0.1) is 0 Å². The van der Waals surface area contributed by atoms with Crippen LogP contribution in [0.15, 0.2) is 29.2 Å². The minimum atomic E-state index is -3.98. The van der Waals surface area contributed by atoms with Gasteiger partial charge in [0.2, 0.25) is 9.84 Å². The highest BCUT2D eigenvalue weighted by molar-refractivity contribution is 7.91. The number of carboxylic acids is 1. The summed E-state index contributed by atoms with van der Waals surface area (Å²) in [6.07, 6.45) is 6.10. The molecular formula is C17H21FO4S. The van der Waals surface area contributed by atoms with E-state index in [1.807, 2.05) is 0 Å². The first-order valence-electron chi connectivity index (χ1n) is 8.04. The van der Waals surface area contributed by atoms with E-state index in [2.05, 4.69) is 0 Å². The van der Waals surface area contributed by atoms with Crippen molar-refractivity contribution in [1.82, 2.24) is 0 Å². The summed E-state index contributed by atoms with van der Waals surface area (Å²) in [4.78, 5) is 11.8. The number of aliphatic carboxylic acids is 1. The topological polar surface area (TPSA) is 71.4 Å². The van der Waals surface area contributed by atoms with Crippen LogP contribution in [0.5, 0.6) is 0 Å². The fourth-order valence-corrected chi connectivity index (χ4v) is 4.84. The van der Waals surface area contributed by atoms with E-state index in [0.717, 1.165) is 25.7 Å². The van der Waals surface area contributed by atoms with E-state index >= 15 is 0 Å². The van der Waals surface area contributed by atoms with Crippen molar-refractivity contribution in [3.8, 4) is 0 Å². The molecule has 0 aliphatic heterocycles. The normalized spacial score (nSPS) is 28.5. The van der Waals surface area contributed by atoms with Crippen molar-refractivity contribution in [2.24, 2.45) is 11.8 Å². The number of halogens is 1. The predicted octanol–water partition coefficient (Wildman–Crippen LogP) is 3.31. The van der Waals surface area contributed by atoms with Gasteiger partial charge < -0.3 is 5.11 Å². The van der Waals surface area contributed by atoms with Gasteiger partial charge in [0.15, 0.2) is 6.01 Å². The van der Waals surface area contributed by atoms with Crippen molar-refractivity contribution in [2.75, 3.05) is 6.01 Å². The predicted molar refractivity (Wildman–Crippen MR) is 83.6 cm³/mol. The number of alkyl halides is 1. The summed E-state index contributed by atoms with van der Waals surface area (Å²) in [7, 11) is -3.98. The molecule has 2 atom stereocenters. The van der Waals surface area contributed by atoms with Gasteiger partial charge in [-0.1, -0.05) is 44.2 Å². The Balaban J connectivity index is 1.95. The molecule has 2 unspecified atom stereocenters. The molecule has 0 spiro atoms. The Morgan fingerprint density at radius 2 is 1.96 bits per heavy atom. The first-order valence-corrected chi connectivity index (χ1v) is 9.70. The summed E-state index contributed by atoms with van der Waals surface area (Å²) in [5, 5.41) is 9.79. The van der Waals surface area contributed by atoms with Gasteiger partial charge in [0.05, 0.1) is 10.3 Å². The summed E-state index contributed by atoms with van der Waals surface area (Å²) in [6.45, 7) is 0. The monoisotopic (exact) mass is 340 g/mol. The maximum absolute atomic E-state index is 12.7. The molecule has 0 bridgehead atoms. The Hall–Kier alpha value is -1.43. The van der Waals surface area contributed by atoms with E-state index in [1.165, 1.54) is 24.6 Å². The number of hydrogen-bond donors (Lipinski definition) is 1. The Labute approximate surface area is 135 Å². The maximum Gasteiger partial charge on any atom is 0.314 e. The van der Waals surface area contributed by atoms with Gasteiger partial charge in [-0.2, -0.15) is 0 Å². The van der Waals surface area contributed by atoms with E-state index in [4.69, 9.17) is 0 Å². The third-order valence-corrected chi connectivity index (χ3v) is 6.73. The molecule has 1 aromatic rings. The molecule has 4 nitrogen and oxygen atoms in total. The summed E-state index contributed by atoms with van der Waals surface area (Å²) in [5.74, 6) is -0.451. The smallest absolute Gasteiger partial charge is 0.314 e. The van der Waals surface area contributed by atoms with Gasteiger partial charge in [0.25, 0.3) is 0 Å². The van der Waals surface area contributed by atoms with Crippen LogP contribution in [0.1, 0.15) is 44.1 Å². The standard InChI is InChI=1S/C17H21FO4S/c18-11-23(21,22)14-8-4-7-13(9-14)17(16(19)20)10-15(17)12-5-2-1-3-6-12/h4,7-9,12,15H,1-3,5-6,10-11H2,(H,19,20). The molecule has 0 saturated heterocycles. The average molecular weight is 340 g/mol. The van der Waals surface area contributed by atoms with E-state index in [1.54, 1.807) is 6.07 Å². The van der Waals surface area contributed by atoms with Gasteiger partial charge >= 0.3 is 5.97 Å². The Bertz CT molecular complexity index is 709. The fraction of sp³-hybridized carbons (Fsp3) is 0.588. The first-order chi connectivity index (χ1) is 10.9. The molecule has 3 rings (SSSR count). The quantitative estimate of drug-likeness (QED) is 0.892. The zero-order valence-electron chi connectivity index (χ0n) is 12.9. The summed E-state index contributed by atoms with van der Waals surface area (Å²) >= 11 is 0. The Morgan fingerprint density at radius 3 is 2.57 bits per heavy atom. The van der Waals surface area contributed by atoms with Crippen LogP contribution in [-0.4, -0.2) is 25.5 Å². The van der Waals surface area contributed by atoms with Crippen LogP contribution in [0.2, 0.25) is 0 Å². The lowest BCUT2D eigenvalue weighted by atomic mass is 9.80. The highest BCUT2D eigenvalue weighted by Gasteiger charge is 2.63. The lowest BCUT2D eigenvalue weighted by Crippen LogP contribution is -2.26. The Morgan fingerprint density at radius 1 is 1.26 bits per heavy atom. The van der Waals surface area contributed by atoms with Crippen LogP contribution in [0.3, 0.4) is 0 Å². The van der Waals surface area contributed by atoms with Gasteiger partial charge in [-0.3, -0.25) is 4.79 Å². The Kier molecular flexibility index (Phi) is 4.21. The number of carbonyl (C=O) groups is 1. The SMILES string of the molecule is O=C(O)C1(c2cccc(S(=O)(=O)CF)c2)CC1C1CCCCC1. The largest absolute Gasteiger partial charge is 0.481 e. The molecule has 2 saturated carbocycles. The van der Waals surface area contributed by atoms with Crippen molar-refractivity contribution in [1.29, 1.82) is 0 Å². The number of rotatable bonds is 5. The second-order valence-corrected chi connectivity index (χ2v) is 8.66. The van der Waals surface area contributed by atoms with Gasteiger partial charge in [0.1, 0.15) is 0 Å². The van der Waals surface area contributed by atoms with E-state index < -0.39 is 27.2 Å². The summed E-state index contributed by atoms with van der Waals surface area (Å²) in [6, 6.07) is 4.38. The van der Waals surface area contributed by atoms with Crippen LogP contribution < -0.4 is 0 Å². The van der Waals surface area contributed by atoms with Gasteiger partial charge in [-0.25, -0.2) is 12.8 Å². The molecule has 6 heteroatoms. The lowest BCUT2D eigenvalue weighted by molar-refractivity contribution is -0.140. The minimum absolute atomic E-state index is 0.0589. The zero-order chi connectivity index (χ0) is 16.7. The molecule has 0 amide bonds. The molecule has 2 aliphatic rings. The van der Waals surface area contributed by atoms with Crippen LogP contribution in [0, 0.1) is 11.8 Å². The molecule has 126 valence electrons. The molecular weight excluding hydrogens is 319 g/mol. The van der Waals surface area contributed by atoms with Crippen LogP contribution in [0.4, 0.5) is 4.39 Å². The molecule has 0 heterocycles. The van der Waals surface area contributed by atoms with E-state index in [9.17, 15) is 22.7 Å². The van der Waals surface area contributed by atoms with Gasteiger partial charge in [0, 0.05) is 0 Å². The van der Waals surface area contributed by atoms with Crippen molar-refractivity contribution in [3.63, 3.8) is 0 Å². The molecule has 1 N–H and O–H groups in total. The van der Waals surface area contributed by atoms with Crippen LogP contribution >= 0.6 is 0 Å². The lowest BCUT2D eigenvalue weighted by Gasteiger charge is -2.24. The molecule has 2 aliphatic carbocycles. The third kappa shape index (κ3) is 2.77. The van der Waals surface area contributed by atoms with Crippen molar-refractivity contribution in [3.05, 3.63) is 29.8 Å². The average Bonchev–Trinajstić information content (AvgIpc) is 3.33. The van der Waals surface area contributed by atoms with Crippen molar-refractivity contribution < 1.29 is 22.7 Å². The number of hydrogen-bond acceptors (Lipinski definition) is 3.